The zero-order valence-corrected chi connectivity index (χ0v) is 12.3. The highest BCUT2D eigenvalue weighted by Gasteiger charge is 2.22. The van der Waals surface area contributed by atoms with Gasteiger partial charge in [-0.05, 0) is 42.7 Å². The molecule has 0 spiro atoms. The van der Waals surface area contributed by atoms with Crippen molar-refractivity contribution in [3.8, 4) is 0 Å². The third-order valence-corrected chi connectivity index (χ3v) is 4.68. The molecule has 0 amide bonds. The third-order valence-electron chi connectivity index (χ3n) is 3.55. The second-order valence-corrected chi connectivity index (χ2v) is 5.96. The summed E-state index contributed by atoms with van der Waals surface area (Å²) in [6, 6.07) is 15.6. The van der Waals surface area contributed by atoms with Crippen LogP contribution in [0.1, 0.15) is 25.8 Å². The first-order valence-electron chi connectivity index (χ1n) is 7.00. The molecule has 19 heavy (non-hydrogen) atoms. The van der Waals surface area contributed by atoms with Crippen LogP contribution < -0.4 is 4.90 Å². The van der Waals surface area contributed by atoms with Gasteiger partial charge in [0.05, 0.1) is 11.4 Å². The largest absolute Gasteiger partial charge is 0.340 e. The SMILES string of the molecule is CCCN1c2ccccc2Sc2ccc(CC)cc21. The molecule has 1 heterocycles. The summed E-state index contributed by atoms with van der Waals surface area (Å²) in [5.74, 6) is 0. The van der Waals surface area contributed by atoms with Gasteiger partial charge < -0.3 is 4.90 Å². The minimum atomic E-state index is 1.08. The van der Waals surface area contributed by atoms with Crippen molar-refractivity contribution in [2.75, 3.05) is 11.4 Å². The normalized spacial score (nSPS) is 13.1. The van der Waals surface area contributed by atoms with E-state index in [1.54, 1.807) is 0 Å². The van der Waals surface area contributed by atoms with Crippen LogP contribution in [0.5, 0.6) is 0 Å². The molecule has 0 aromatic heterocycles. The minimum absolute atomic E-state index is 1.08. The van der Waals surface area contributed by atoms with Crippen LogP contribution in [0, 0.1) is 0 Å². The predicted molar refractivity (Wildman–Crippen MR) is 83.7 cm³/mol. The van der Waals surface area contributed by atoms with Crippen molar-refractivity contribution in [1.29, 1.82) is 0 Å². The van der Waals surface area contributed by atoms with Gasteiger partial charge in [-0.25, -0.2) is 0 Å². The molecule has 0 unspecified atom stereocenters. The van der Waals surface area contributed by atoms with Crippen LogP contribution in [0.3, 0.4) is 0 Å². The maximum Gasteiger partial charge on any atom is 0.0555 e. The summed E-state index contributed by atoms with van der Waals surface area (Å²) in [7, 11) is 0. The van der Waals surface area contributed by atoms with Crippen molar-refractivity contribution in [2.24, 2.45) is 0 Å². The number of fused-ring (bicyclic) bond motifs is 2. The Kier molecular flexibility index (Phi) is 3.52. The molecule has 0 N–H and O–H groups in total. The summed E-state index contributed by atoms with van der Waals surface area (Å²) in [5.41, 5.74) is 4.15. The number of para-hydroxylation sites is 1. The van der Waals surface area contributed by atoms with Crippen LogP contribution in [-0.4, -0.2) is 6.54 Å². The lowest BCUT2D eigenvalue weighted by atomic mass is 10.1. The van der Waals surface area contributed by atoms with Crippen LogP contribution in [-0.2, 0) is 6.42 Å². The van der Waals surface area contributed by atoms with Gasteiger partial charge in [0.2, 0.25) is 0 Å². The zero-order valence-electron chi connectivity index (χ0n) is 11.5. The van der Waals surface area contributed by atoms with E-state index in [1.807, 2.05) is 11.8 Å². The molecule has 0 saturated heterocycles. The van der Waals surface area contributed by atoms with E-state index in [1.165, 1.54) is 26.7 Å². The summed E-state index contributed by atoms with van der Waals surface area (Å²) in [5, 5.41) is 0. The first-order chi connectivity index (χ1) is 9.33. The van der Waals surface area contributed by atoms with Crippen molar-refractivity contribution in [3.05, 3.63) is 48.0 Å². The van der Waals surface area contributed by atoms with Crippen LogP contribution in [0.4, 0.5) is 11.4 Å². The van der Waals surface area contributed by atoms with E-state index < -0.39 is 0 Å². The molecule has 0 radical (unpaired) electrons. The first-order valence-corrected chi connectivity index (χ1v) is 7.82. The first kappa shape index (κ1) is 12.6. The van der Waals surface area contributed by atoms with E-state index in [4.69, 9.17) is 0 Å². The van der Waals surface area contributed by atoms with Gasteiger partial charge in [0, 0.05) is 16.3 Å². The fourth-order valence-electron chi connectivity index (χ4n) is 2.56. The summed E-state index contributed by atoms with van der Waals surface area (Å²) >= 11 is 1.89. The summed E-state index contributed by atoms with van der Waals surface area (Å²) < 4.78 is 0. The van der Waals surface area contributed by atoms with Crippen molar-refractivity contribution >= 4 is 23.1 Å². The van der Waals surface area contributed by atoms with Gasteiger partial charge in [0.15, 0.2) is 0 Å². The lowest BCUT2D eigenvalue weighted by Crippen LogP contribution is -2.21. The van der Waals surface area contributed by atoms with E-state index in [0.29, 0.717) is 0 Å². The zero-order chi connectivity index (χ0) is 13.2. The number of hydrogen-bond donors (Lipinski definition) is 0. The third kappa shape index (κ3) is 2.25. The second kappa shape index (κ2) is 5.30. The van der Waals surface area contributed by atoms with E-state index in [2.05, 4.69) is 61.2 Å². The number of rotatable bonds is 3. The van der Waals surface area contributed by atoms with Gasteiger partial charge in [-0.2, -0.15) is 0 Å². The Morgan fingerprint density at radius 3 is 2.53 bits per heavy atom. The Bertz CT molecular complexity index is 592. The van der Waals surface area contributed by atoms with Crippen molar-refractivity contribution < 1.29 is 0 Å². The number of aryl methyl sites for hydroxylation is 1. The van der Waals surface area contributed by atoms with Crippen molar-refractivity contribution in [2.45, 2.75) is 36.5 Å². The standard InChI is InChI=1S/C17H19NS/c1-3-11-18-14-7-5-6-8-16(14)19-17-10-9-13(4-2)12-15(17)18/h5-10,12H,3-4,11H2,1-2H3. The molecular formula is C17H19NS. The molecule has 0 atom stereocenters. The molecule has 1 aliphatic rings. The van der Waals surface area contributed by atoms with Gasteiger partial charge in [0.1, 0.15) is 0 Å². The molecule has 2 aromatic rings. The van der Waals surface area contributed by atoms with E-state index in [9.17, 15) is 0 Å². The number of hydrogen-bond acceptors (Lipinski definition) is 2. The Morgan fingerprint density at radius 1 is 0.947 bits per heavy atom. The molecule has 0 bridgehead atoms. The van der Waals surface area contributed by atoms with Gasteiger partial charge >= 0.3 is 0 Å². The Morgan fingerprint density at radius 2 is 1.74 bits per heavy atom. The van der Waals surface area contributed by atoms with Gasteiger partial charge in [-0.15, -0.1) is 0 Å². The topological polar surface area (TPSA) is 3.24 Å². The summed E-state index contributed by atoms with van der Waals surface area (Å²) in [6.45, 7) is 5.54. The van der Waals surface area contributed by atoms with Crippen LogP contribution in [0.25, 0.3) is 0 Å². The van der Waals surface area contributed by atoms with Crippen LogP contribution in [0.2, 0.25) is 0 Å². The molecule has 2 heteroatoms. The molecule has 0 saturated carbocycles. The van der Waals surface area contributed by atoms with Crippen LogP contribution >= 0.6 is 11.8 Å². The maximum absolute atomic E-state index is 2.47. The molecule has 0 aliphatic carbocycles. The molecule has 2 aromatic carbocycles. The molecule has 1 nitrogen and oxygen atoms in total. The molecule has 0 fully saturated rings. The number of anilines is 2. The van der Waals surface area contributed by atoms with E-state index >= 15 is 0 Å². The van der Waals surface area contributed by atoms with Gasteiger partial charge in [-0.3, -0.25) is 0 Å². The highest BCUT2D eigenvalue weighted by Crippen LogP contribution is 2.48. The second-order valence-electron chi connectivity index (χ2n) is 4.88. The molecule has 1 aliphatic heterocycles. The summed E-state index contributed by atoms with van der Waals surface area (Å²) in [4.78, 5) is 5.22. The average Bonchev–Trinajstić information content (AvgIpc) is 2.47. The Balaban J connectivity index is 2.12. The monoisotopic (exact) mass is 269 g/mol. The smallest absolute Gasteiger partial charge is 0.0555 e. The lowest BCUT2D eigenvalue weighted by Gasteiger charge is -2.33. The Hall–Kier alpha value is -1.41. The quantitative estimate of drug-likeness (QED) is 0.747. The molecular weight excluding hydrogens is 250 g/mol. The van der Waals surface area contributed by atoms with Crippen molar-refractivity contribution in [1.82, 2.24) is 0 Å². The Labute approximate surface area is 119 Å². The lowest BCUT2D eigenvalue weighted by molar-refractivity contribution is 0.864. The van der Waals surface area contributed by atoms with Gasteiger partial charge in [0.25, 0.3) is 0 Å². The maximum atomic E-state index is 2.47. The minimum Gasteiger partial charge on any atom is -0.340 e. The highest BCUT2D eigenvalue weighted by molar-refractivity contribution is 7.99. The number of benzene rings is 2. The fraction of sp³-hybridized carbons (Fsp3) is 0.294. The average molecular weight is 269 g/mol. The molecule has 98 valence electrons. The van der Waals surface area contributed by atoms with Crippen LogP contribution in [0.15, 0.2) is 52.3 Å². The van der Waals surface area contributed by atoms with E-state index in [-0.39, 0.29) is 0 Å². The molecule has 3 rings (SSSR count). The predicted octanol–water partition coefficient (Wildman–Crippen LogP) is 5.26. The van der Waals surface area contributed by atoms with Crippen molar-refractivity contribution in [3.63, 3.8) is 0 Å². The number of nitrogens with zero attached hydrogens (tertiary/aromatic N) is 1. The van der Waals surface area contributed by atoms with E-state index in [0.717, 1.165) is 19.4 Å². The highest BCUT2D eigenvalue weighted by atomic mass is 32.2. The van der Waals surface area contributed by atoms with Gasteiger partial charge in [-0.1, -0.05) is 43.8 Å². The summed E-state index contributed by atoms with van der Waals surface area (Å²) in [6.07, 6.45) is 2.26. The fourth-order valence-corrected chi connectivity index (χ4v) is 3.64.